The third-order valence-corrected chi connectivity index (χ3v) is 1.28. The Morgan fingerprint density at radius 2 is 2.62 bits per heavy atom. The van der Waals surface area contributed by atoms with Crippen molar-refractivity contribution in [2.24, 2.45) is 10.7 Å². The largest absolute Gasteiger partial charge is 0.402 e. The summed E-state index contributed by atoms with van der Waals surface area (Å²) in [4.78, 5) is 3.96. The summed E-state index contributed by atoms with van der Waals surface area (Å²) in [6.07, 6.45) is 4.27. The van der Waals surface area contributed by atoms with Crippen LogP contribution >= 0.6 is 12.6 Å². The second kappa shape index (κ2) is 2.22. The molecule has 0 saturated carbocycles. The van der Waals surface area contributed by atoms with E-state index in [0.29, 0.717) is 0 Å². The Morgan fingerprint density at radius 1 is 1.88 bits per heavy atom. The van der Waals surface area contributed by atoms with Crippen LogP contribution in [0, 0.1) is 0 Å². The lowest BCUT2D eigenvalue weighted by Gasteiger charge is -2.07. The molecular weight excluding hydrogens is 120 g/mol. The van der Waals surface area contributed by atoms with Crippen LogP contribution in [-0.4, -0.2) is 11.6 Å². The molecule has 2 N–H and O–H groups in total. The van der Waals surface area contributed by atoms with Gasteiger partial charge in [0.25, 0.3) is 0 Å². The van der Waals surface area contributed by atoms with Gasteiger partial charge in [0, 0.05) is 18.3 Å². The highest BCUT2D eigenvalue weighted by molar-refractivity contribution is 7.80. The number of nitrogens with two attached hydrogens (primary N) is 1. The topological polar surface area (TPSA) is 38.4 Å². The molecule has 0 aromatic rings. The van der Waals surface area contributed by atoms with E-state index < -0.39 is 0 Å². The molecule has 0 spiro atoms. The van der Waals surface area contributed by atoms with Gasteiger partial charge in [0.2, 0.25) is 0 Å². The van der Waals surface area contributed by atoms with Crippen molar-refractivity contribution in [1.82, 2.24) is 0 Å². The Labute approximate surface area is 53.9 Å². The molecule has 2 nitrogen and oxygen atoms in total. The number of nitrogens with zero attached hydrogens (tertiary/aromatic N) is 1. The fourth-order valence-electron chi connectivity index (χ4n) is 0.570. The molecule has 0 radical (unpaired) electrons. The van der Waals surface area contributed by atoms with E-state index in [1.54, 1.807) is 12.3 Å². The van der Waals surface area contributed by atoms with Gasteiger partial charge in [-0.1, -0.05) is 0 Å². The lowest BCUT2D eigenvalue weighted by Crippen LogP contribution is -2.08. The van der Waals surface area contributed by atoms with Gasteiger partial charge >= 0.3 is 0 Å². The number of hydrogen-bond acceptors (Lipinski definition) is 3. The number of rotatable bonds is 0. The van der Waals surface area contributed by atoms with Gasteiger partial charge in [-0.25, -0.2) is 0 Å². The fourth-order valence-corrected chi connectivity index (χ4v) is 0.857. The maximum Gasteiger partial charge on any atom is 0.0977 e. The lowest BCUT2D eigenvalue weighted by molar-refractivity contribution is 0.877. The molecule has 8 heavy (non-hydrogen) atoms. The van der Waals surface area contributed by atoms with Gasteiger partial charge in [-0.15, -0.1) is 0 Å². The summed E-state index contributed by atoms with van der Waals surface area (Å²) in [5, 5.41) is 0.0833. The minimum atomic E-state index is 0.0833. The number of aliphatic imine (C=N–C) groups is 1. The number of allylic oxidation sites excluding steroid dienone is 1. The van der Waals surface area contributed by atoms with Crippen molar-refractivity contribution in [3.8, 4) is 0 Å². The Morgan fingerprint density at radius 3 is 3.00 bits per heavy atom. The molecule has 1 aliphatic rings. The van der Waals surface area contributed by atoms with Gasteiger partial charge in [-0.3, -0.25) is 4.99 Å². The van der Waals surface area contributed by atoms with Gasteiger partial charge < -0.3 is 5.73 Å². The highest BCUT2D eigenvalue weighted by Crippen LogP contribution is 2.09. The van der Waals surface area contributed by atoms with E-state index in [2.05, 4.69) is 17.6 Å². The average molecular weight is 128 g/mol. The minimum absolute atomic E-state index is 0.0833. The van der Waals surface area contributed by atoms with Crippen LogP contribution in [0.2, 0.25) is 0 Å². The maximum atomic E-state index is 5.45. The van der Waals surface area contributed by atoms with Crippen LogP contribution in [0.15, 0.2) is 16.8 Å². The standard InChI is InChI=1S/C5H8N2S/c6-4-1-2-7-5(8)3-4/h1-2,5,8H,3,6H2. The van der Waals surface area contributed by atoms with E-state index in [-0.39, 0.29) is 5.37 Å². The van der Waals surface area contributed by atoms with Crippen LogP contribution in [0.5, 0.6) is 0 Å². The summed E-state index contributed by atoms with van der Waals surface area (Å²) in [6, 6.07) is 0. The third-order valence-electron chi connectivity index (χ3n) is 0.965. The molecule has 0 aromatic heterocycles. The predicted molar refractivity (Wildman–Crippen MR) is 38.2 cm³/mol. The molecule has 1 unspecified atom stereocenters. The van der Waals surface area contributed by atoms with Gasteiger partial charge in [0.15, 0.2) is 0 Å². The van der Waals surface area contributed by atoms with Crippen molar-refractivity contribution in [3.05, 3.63) is 11.8 Å². The monoisotopic (exact) mass is 128 g/mol. The smallest absolute Gasteiger partial charge is 0.0977 e. The van der Waals surface area contributed by atoms with Crippen LogP contribution in [0.4, 0.5) is 0 Å². The molecule has 0 aromatic carbocycles. The van der Waals surface area contributed by atoms with E-state index in [4.69, 9.17) is 5.73 Å². The second-order valence-electron chi connectivity index (χ2n) is 1.72. The van der Waals surface area contributed by atoms with Crippen LogP contribution in [0.25, 0.3) is 0 Å². The summed E-state index contributed by atoms with van der Waals surface area (Å²) in [6.45, 7) is 0. The Kier molecular flexibility index (Phi) is 1.58. The summed E-state index contributed by atoms with van der Waals surface area (Å²) in [7, 11) is 0. The number of dihydropyridines is 1. The molecule has 0 saturated heterocycles. The predicted octanol–water partition coefficient (Wildman–Crippen LogP) is 0.559. The van der Waals surface area contributed by atoms with Crippen LogP contribution in [0.3, 0.4) is 0 Å². The molecule has 0 aliphatic carbocycles. The van der Waals surface area contributed by atoms with E-state index in [1.807, 2.05) is 0 Å². The van der Waals surface area contributed by atoms with Crippen molar-refractivity contribution >= 4 is 18.8 Å². The van der Waals surface area contributed by atoms with Crippen molar-refractivity contribution in [2.45, 2.75) is 11.8 Å². The number of hydrogen-bond donors (Lipinski definition) is 2. The second-order valence-corrected chi connectivity index (χ2v) is 2.32. The lowest BCUT2D eigenvalue weighted by atomic mass is 10.3. The van der Waals surface area contributed by atoms with Crippen molar-refractivity contribution in [2.75, 3.05) is 0 Å². The van der Waals surface area contributed by atoms with E-state index in [1.165, 1.54) is 0 Å². The molecular formula is C5H8N2S. The highest BCUT2D eigenvalue weighted by Gasteiger charge is 2.02. The first-order valence-electron chi connectivity index (χ1n) is 2.45. The zero-order chi connectivity index (χ0) is 5.98. The average Bonchev–Trinajstić information content (AvgIpc) is 1.64. The van der Waals surface area contributed by atoms with Gasteiger partial charge in [-0.2, -0.15) is 12.6 Å². The van der Waals surface area contributed by atoms with Crippen molar-refractivity contribution < 1.29 is 0 Å². The molecule has 44 valence electrons. The first-order valence-corrected chi connectivity index (χ1v) is 2.96. The van der Waals surface area contributed by atoms with Crippen molar-refractivity contribution in [3.63, 3.8) is 0 Å². The molecule has 0 fully saturated rings. The molecule has 1 heterocycles. The van der Waals surface area contributed by atoms with E-state index >= 15 is 0 Å². The van der Waals surface area contributed by atoms with Gasteiger partial charge in [-0.05, 0) is 6.08 Å². The Bertz CT molecular complexity index is 139. The zero-order valence-corrected chi connectivity index (χ0v) is 5.31. The summed E-state index contributed by atoms with van der Waals surface area (Å²) in [5.74, 6) is 0. The van der Waals surface area contributed by atoms with Crippen molar-refractivity contribution in [1.29, 1.82) is 0 Å². The van der Waals surface area contributed by atoms with E-state index in [0.717, 1.165) is 12.1 Å². The Balaban J connectivity index is 2.59. The molecule has 1 atom stereocenters. The van der Waals surface area contributed by atoms with Crippen LogP contribution < -0.4 is 5.73 Å². The first-order chi connectivity index (χ1) is 3.79. The highest BCUT2D eigenvalue weighted by atomic mass is 32.1. The Hall–Kier alpha value is -0.440. The normalized spacial score (nSPS) is 27.6. The van der Waals surface area contributed by atoms with Gasteiger partial charge in [0.05, 0.1) is 5.37 Å². The summed E-state index contributed by atoms with van der Waals surface area (Å²) >= 11 is 4.10. The summed E-state index contributed by atoms with van der Waals surface area (Å²) < 4.78 is 0. The molecule has 0 amide bonds. The van der Waals surface area contributed by atoms with Gasteiger partial charge in [0.1, 0.15) is 0 Å². The zero-order valence-electron chi connectivity index (χ0n) is 4.41. The summed E-state index contributed by atoms with van der Waals surface area (Å²) in [5.41, 5.74) is 6.31. The molecule has 0 bridgehead atoms. The van der Waals surface area contributed by atoms with Crippen LogP contribution in [-0.2, 0) is 0 Å². The minimum Gasteiger partial charge on any atom is -0.402 e. The number of thiol groups is 1. The third kappa shape index (κ3) is 1.26. The molecule has 1 aliphatic heterocycles. The first kappa shape index (κ1) is 5.69. The molecule has 3 heteroatoms. The molecule has 1 rings (SSSR count). The quantitative estimate of drug-likeness (QED) is 0.460. The maximum absolute atomic E-state index is 5.45. The van der Waals surface area contributed by atoms with Crippen LogP contribution in [0.1, 0.15) is 6.42 Å². The van der Waals surface area contributed by atoms with E-state index in [9.17, 15) is 0 Å². The fraction of sp³-hybridized carbons (Fsp3) is 0.400. The SMILES string of the molecule is NC1=CC=NC(S)C1.